The molecule has 2 aliphatic heterocycles. The van der Waals surface area contributed by atoms with Gasteiger partial charge in [-0.2, -0.15) is 4.58 Å². The maximum absolute atomic E-state index is 6.47. The fourth-order valence-electron chi connectivity index (χ4n) is 8.19. The summed E-state index contributed by atoms with van der Waals surface area (Å²) in [6.45, 7) is 12.3. The lowest BCUT2D eigenvalue weighted by Gasteiger charge is -2.27. The summed E-state index contributed by atoms with van der Waals surface area (Å²) in [5.74, 6) is 0.957. The van der Waals surface area contributed by atoms with Crippen molar-refractivity contribution < 1.29 is 4.58 Å². The second-order valence-corrected chi connectivity index (χ2v) is 13.9. The lowest BCUT2D eigenvalue weighted by Crippen LogP contribution is -2.28. The average Bonchev–Trinajstić information content (AvgIpc) is 3.62. The van der Waals surface area contributed by atoms with Gasteiger partial charge in [0.15, 0.2) is 5.71 Å². The van der Waals surface area contributed by atoms with E-state index in [2.05, 4.69) is 111 Å². The third-order valence-electron chi connectivity index (χ3n) is 10.4. The van der Waals surface area contributed by atoms with Crippen LogP contribution >= 0.6 is 11.6 Å². The SMILES string of the molecule is C=CCC1(C)/C(=C\C=C\C2=[N+](CCCCC3CCCC3)c3ccc4ccccc4c3C2(C)C)N(C)c2ccc(Cl)cc21. The highest BCUT2D eigenvalue weighted by Crippen LogP contribution is 2.50. The molecule has 3 aromatic carbocycles. The van der Waals surface area contributed by atoms with E-state index in [0.717, 1.165) is 23.9 Å². The van der Waals surface area contributed by atoms with Crippen molar-refractivity contribution in [1.29, 1.82) is 0 Å². The highest BCUT2D eigenvalue weighted by molar-refractivity contribution is 6.30. The lowest BCUT2D eigenvalue weighted by atomic mass is 9.78. The number of benzene rings is 3. The number of allylic oxidation sites excluding steroid dienone is 5. The maximum Gasteiger partial charge on any atom is 0.210 e. The van der Waals surface area contributed by atoms with Gasteiger partial charge < -0.3 is 4.90 Å². The second-order valence-electron chi connectivity index (χ2n) is 13.4. The second kappa shape index (κ2) is 11.5. The van der Waals surface area contributed by atoms with Crippen molar-refractivity contribution in [2.75, 3.05) is 18.5 Å². The van der Waals surface area contributed by atoms with Crippen LogP contribution in [0.3, 0.4) is 0 Å². The topological polar surface area (TPSA) is 6.25 Å². The van der Waals surface area contributed by atoms with Crippen molar-refractivity contribution >= 4 is 39.5 Å². The Labute approximate surface area is 258 Å². The van der Waals surface area contributed by atoms with Crippen LogP contribution in [-0.4, -0.2) is 23.9 Å². The van der Waals surface area contributed by atoms with Gasteiger partial charge in [-0.3, -0.25) is 0 Å². The van der Waals surface area contributed by atoms with E-state index >= 15 is 0 Å². The van der Waals surface area contributed by atoms with E-state index in [-0.39, 0.29) is 10.8 Å². The third kappa shape index (κ3) is 4.96. The molecule has 0 spiro atoms. The quantitative estimate of drug-likeness (QED) is 0.139. The molecule has 1 aliphatic carbocycles. The van der Waals surface area contributed by atoms with E-state index in [0.29, 0.717) is 0 Å². The molecule has 1 unspecified atom stereocenters. The molecule has 3 aromatic rings. The Morgan fingerprint density at radius 1 is 1.02 bits per heavy atom. The highest BCUT2D eigenvalue weighted by Gasteiger charge is 2.45. The van der Waals surface area contributed by atoms with Gasteiger partial charge in [-0.05, 0) is 86.2 Å². The van der Waals surface area contributed by atoms with E-state index in [4.69, 9.17) is 11.6 Å². The molecule has 218 valence electrons. The van der Waals surface area contributed by atoms with Crippen LogP contribution in [0.4, 0.5) is 11.4 Å². The van der Waals surface area contributed by atoms with Crippen LogP contribution in [0.15, 0.2) is 91.2 Å². The first kappa shape index (κ1) is 29.0. The molecule has 1 saturated carbocycles. The minimum Gasteiger partial charge on any atom is -0.347 e. The normalized spacial score (nSPS) is 22.6. The Morgan fingerprint density at radius 3 is 2.60 bits per heavy atom. The molecule has 0 amide bonds. The van der Waals surface area contributed by atoms with Crippen LogP contribution in [0.2, 0.25) is 5.02 Å². The monoisotopic (exact) mass is 577 g/mol. The molecular formula is C39H46ClN2+. The number of rotatable bonds is 9. The fourth-order valence-corrected chi connectivity index (χ4v) is 8.36. The first-order valence-corrected chi connectivity index (χ1v) is 16.3. The van der Waals surface area contributed by atoms with Crippen molar-refractivity contribution in [3.05, 3.63) is 107 Å². The van der Waals surface area contributed by atoms with Gasteiger partial charge in [0, 0.05) is 53.0 Å². The molecule has 2 nitrogen and oxygen atoms in total. The van der Waals surface area contributed by atoms with Gasteiger partial charge in [-0.25, -0.2) is 0 Å². The molecule has 42 heavy (non-hydrogen) atoms. The predicted octanol–water partition coefficient (Wildman–Crippen LogP) is 10.7. The first-order valence-electron chi connectivity index (χ1n) is 16.0. The lowest BCUT2D eigenvalue weighted by molar-refractivity contribution is -0.438. The molecular weight excluding hydrogens is 532 g/mol. The Morgan fingerprint density at radius 2 is 1.81 bits per heavy atom. The number of hydrogen-bond donors (Lipinski definition) is 0. The largest absolute Gasteiger partial charge is 0.347 e. The van der Waals surface area contributed by atoms with Gasteiger partial charge >= 0.3 is 0 Å². The van der Waals surface area contributed by atoms with E-state index in [1.807, 2.05) is 12.1 Å². The molecule has 0 aromatic heterocycles. The summed E-state index contributed by atoms with van der Waals surface area (Å²) in [6, 6.07) is 19.8. The Kier molecular flexibility index (Phi) is 7.96. The molecule has 1 fully saturated rings. The van der Waals surface area contributed by atoms with Crippen molar-refractivity contribution in [1.82, 2.24) is 0 Å². The molecule has 2 heterocycles. The van der Waals surface area contributed by atoms with Gasteiger partial charge in [-0.1, -0.05) is 80.1 Å². The minimum absolute atomic E-state index is 0.0981. The fraction of sp³-hybridized carbons (Fsp3) is 0.410. The predicted molar refractivity (Wildman–Crippen MR) is 182 cm³/mol. The van der Waals surface area contributed by atoms with Crippen LogP contribution in [0, 0.1) is 5.92 Å². The van der Waals surface area contributed by atoms with Crippen molar-refractivity contribution in [2.45, 2.75) is 83.0 Å². The highest BCUT2D eigenvalue weighted by atomic mass is 35.5. The Bertz CT molecular complexity index is 1600. The number of fused-ring (bicyclic) bond motifs is 4. The summed E-state index contributed by atoms with van der Waals surface area (Å²) in [6.07, 6.45) is 19.6. The summed E-state index contributed by atoms with van der Waals surface area (Å²) >= 11 is 6.47. The molecule has 0 bridgehead atoms. The third-order valence-corrected chi connectivity index (χ3v) is 10.6. The standard InChI is InChI=1S/C39H46ClN2/c1-6-25-39(4)32-27-30(40)22-24-33(32)41(5)36(39)20-13-19-35-38(2,3)37-31-18-10-9-17-29(31)21-23-34(37)42(35)26-12-11-16-28-14-7-8-15-28/h6,9-10,13,17-24,27-28H,1,7-8,11-12,14-16,25-26H2,2-5H3/q+1. The molecule has 6 rings (SSSR count). The molecule has 0 radical (unpaired) electrons. The molecule has 0 saturated heterocycles. The zero-order valence-corrected chi connectivity index (χ0v) is 26.7. The Hall–Kier alpha value is -3.10. The smallest absolute Gasteiger partial charge is 0.210 e. The van der Waals surface area contributed by atoms with E-state index in [1.165, 1.54) is 89.6 Å². The molecule has 1 atom stereocenters. The van der Waals surface area contributed by atoms with Crippen LogP contribution < -0.4 is 4.90 Å². The summed E-state index contributed by atoms with van der Waals surface area (Å²) < 4.78 is 2.63. The van der Waals surface area contributed by atoms with Crippen LogP contribution in [0.5, 0.6) is 0 Å². The number of nitrogens with zero attached hydrogens (tertiary/aromatic N) is 2. The summed E-state index contributed by atoms with van der Waals surface area (Å²) in [7, 11) is 2.17. The van der Waals surface area contributed by atoms with Gasteiger partial charge in [0.25, 0.3) is 0 Å². The number of halogens is 1. The molecule has 3 aliphatic rings. The number of likely N-dealkylation sites (N-methyl/N-ethyl adjacent to an activating group) is 1. The van der Waals surface area contributed by atoms with E-state index in [1.54, 1.807) is 0 Å². The summed E-state index contributed by atoms with van der Waals surface area (Å²) in [5.41, 5.74) is 7.73. The van der Waals surface area contributed by atoms with Gasteiger partial charge in [0.2, 0.25) is 5.69 Å². The van der Waals surface area contributed by atoms with E-state index in [9.17, 15) is 0 Å². The van der Waals surface area contributed by atoms with Gasteiger partial charge in [0.05, 0.1) is 5.41 Å². The summed E-state index contributed by atoms with van der Waals surface area (Å²) in [5, 5.41) is 3.48. The zero-order valence-electron chi connectivity index (χ0n) is 25.9. The van der Waals surface area contributed by atoms with Gasteiger partial charge in [-0.15, -0.1) is 6.58 Å². The zero-order chi connectivity index (χ0) is 29.5. The van der Waals surface area contributed by atoms with Crippen molar-refractivity contribution in [2.24, 2.45) is 5.92 Å². The minimum atomic E-state index is -0.171. The number of hydrogen-bond acceptors (Lipinski definition) is 1. The van der Waals surface area contributed by atoms with Gasteiger partial charge in [0.1, 0.15) is 6.54 Å². The first-order chi connectivity index (χ1) is 20.3. The number of unbranched alkanes of at least 4 members (excludes halogenated alkanes) is 1. The molecule has 0 N–H and O–H groups in total. The maximum atomic E-state index is 6.47. The Balaban J connectivity index is 1.37. The average molecular weight is 578 g/mol. The summed E-state index contributed by atoms with van der Waals surface area (Å²) in [4.78, 5) is 2.33. The van der Waals surface area contributed by atoms with Crippen LogP contribution in [0.1, 0.15) is 83.3 Å². The molecule has 3 heteroatoms. The van der Waals surface area contributed by atoms with Crippen molar-refractivity contribution in [3.8, 4) is 0 Å². The van der Waals surface area contributed by atoms with Crippen LogP contribution in [-0.2, 0) is 10.8 Å². The van der Waals surface area contributed by atoms with Crippen molar-refractivity contribution in [3.63, 3.8) is 0 Å². The number of anilines is 1. The van der Waals surface area contributed by atoms with Crippen LogP contribution in [0.25, 0.3) is 10.8 Å². The van der Waals surface area contributed by atoms with E-state index < -0.39 is 0 Å².